The summed E-state index contributed by atoms with van der Waals surface area (Å²) in [4.78, 5) is 20.5. The van der Waals surface area contributed by atoms with Gasteiger partial charge in [-0.2, -0.15) is 0 Å². The van der Waals surface area contributed by atoms with Crippen LogP contribution in [0.4, 0.5) is 0 Å². The number of nitro groups is 1. The molecular weight excluding hydrogens is 234 g/mol. The van der Waals surface area contributed by atoms with Crippen molar-refractivity contribution in [2.45, 2.75) is 12.3 Å². The highest BCUT2D eigenvalue weighted by molar-refractivity contribution is 6.31. The number of carbonyl (C=O) groups is 1. The highest BCUT2D eigenvalue weighted by Crippen LogP contribution is 2.27. The molecule has 1 aromatic carbocycles. The zero-order valence-corrected chi connectivity index (χ0v) is 9.05. The van der Waals surface area contributed by atoms with Gasteiger partial charge >= 0.3 is 5.97 Å². The van der Waals surface area contributed by atoms with Crippen molar-refractivity contribution in [2.24, 2.45) is 0 Å². The summed E-state index contributed by atoms with van der Waals surface area (Å²) >= 11 is 5.87. The molecule has 5 nitrogen and oxygen atoms in total. The molecule has 0 heterocycles. The zero-order chi connectivity index (χ0) is 12.1. The third kappa shape index (κ3) is 3.51. The van der Waals surface area contributed by atoms with Gasteiger partial charge in [-0.15, -0.1) is 0 Å². The third-order valence-corrected chi connectivity index (χ3v) is 2.48. The van der Waals surface area contributed by atoms with E-state index in [2.05, 4.69) is 0 Å². The van der Waals surface area contributed by atoms with Crippen molar-refractivity contribution in [3.63, 3.8) is 0 Å². The van der Waals surface area contributed by atoms with Gasteiger partial charge < -0.3 is 5.11 Å². The van der Waals surface area contributed by atoms with Gasteiger partial charge in [0.25, 0.3) is 0 Å². The van der Waals surface area contributed by atoms with Crippen LogP contribution in [-0.2, 0) is 4.79 Å². The summed E-state index contributed by atoms with van der Waals surface area (Å²) in [5.74, 6) is -1.77. The van der Waals surface area contributed by atoms with Crippen LogP contribution in [0.25, 0.3) is 0 Å². The van der Waals surface area contributed by atoms with Gasteiger partial charge in [-0.05, 0) is 11.6 Å². The molecule has 0 bridgehead atoms. The lowest BCUT2D eigenvalue weighted by Crippen LogP contribution is -2.16. The molecule has 0 aliphatic carbocycles. The first-order chi connectivity index (χ1) is 7.50. The van der Waals surface area contributed by atoms with Crippen LogP contribution < -0.4 is 0 Å². The first kappa shape index (κ1) is 12.4. The van der Waals surface area contributed by atoms with Gasteiger partial charge in [-0.1, -0.05) is 29.8 Å². The number of aliphatic carboxylic acids is 1. The lowest BCUT2D eigenvalue weighted by molar-refractivity contribution is -0.483. The van der Waals surface area contributed by atoms with Gasteiger partial charge in [-0.25, -0.2) is 0 Å². The predicted octanol–water partition coefficient (Wildman–Crippen LogP) is 2.17. The molecule has 0 saturated heterocycles. The van der Waals surface area contributed by atoms with E-state index in [-0.39, 0.29) is 6.42 Å². The molecular formula is C10H10ClNO4. The first-order valence-electron chi connectivity index (χ1n) is 4.58. The van der Waals surface area contributed by atoms with Crippen LogP contribution in [0, 0.1) is 10.1 Å². The van der Waals surface area contributed by atoms with Crippen LogP contribution in [0.1, 0.15) is 17.9 Å². The number of halogens is 1. The minimum absolute atomic E-state index is 0.301. The zero-order valence-electron chi connectivity index (χ0n) is 8.30. The largest absolute Gasteiger partial charge is 0.481 e. The quantitative estimate of drug-likeness (QED) is 0.635. The Morgan fingerprint density at radius 2 is 2.12 bits per heavy atom. The van der Waals surface area contributed by atoms with Crippen LogP contribution in [0.5, 0.6) is 0 Å². The Kier molecular flexibility index (Phi) is 4.25. The fraction of sp³-hybridized carbons (Fsp3) is 0.300. The molecule has 1 N–H and O–H groups in total. The molecule has 0 fully saturated rings. The second-order valence-electron chi connectivity index (χ2n) is 3.33. The maximum atomic E-state index is 10.6. The van der Waals surface area contributed by atoms with E-state index in [0.717, 1.165) is 0 Å². The molecule has 1 rings (SSSR count). The molecule has 1 atom stereocenters. The van der Waals surface area contributed by atoms with E-state index >= 15 is 0 Å². The van der Waals surface area contributed by atoms with Gasteiger partial charge in [0.05, 0.1) is 12.3 Å². The van der Waals surface area contributed by atoms with E-state index in [0.29, 0.717) is 10.6 Å². The fourth-order valence-electron chi connectivity index (χ4n) is 1.47. The second kappa shape index (κ2) is 5.46. The maximum absolute atomic E-state index is 10.6. The van der Waals surface area contributed by atoms with E-state index in [1.165, 1.54) is 0 Å². The molecule has 0 aliphatic rings. The van der Waals surface area contributed by atoms with E-state index in [4.69, 9.17) is 16.7 Å². The number of nitrogens with zero attached hydrogens (tertiary/aromatic N) is 1. The minimum atomic E-state index is -1.08. The Labute approximate surface area is 96.8 Å². The number of rotatable bonds is 5. The molecule has 86 valence electrons. The van der Waals surface area contributed by atoms with Crippen LogP contribution in [-0.4, -0.2) is 22.5 Å². The third-order valence-electron chi connectivity index (χ3n) is 2.14. The summed E-state index contributed by atoms with van der Waals surface area (Å²) in [5.41, 5.74) is 0.503. The number of benzene rings is 1. The van der Waals surface area contributed by atoms with Gasteiger partial charge in [0.1, 0.15) is 0 Å². The molecule has 0 amide bonds. The van der Waals surface area contributed by atoms with Crippen molar-refractivity contribution in [1.29, 1.82) is 0 Å². The van der Waals surface area contributed by atoms with Gasteiger partial charge in [0.15, 0.2) is 0 Å². The SMILES string of the molecule is O=C(O)CC(C[N+](=O)[O-])c1ccccc1Cl. The van der Waals surface area contributed by atoms with Gasteiger partial charge in [0, 0.05) is 9.95 Å². The highest BCUT2D eigenvalue weighted by Gasteiger charge is 2.22. The Morgan fingerprint density at radius 3 is 2.62 bits per heavy atom. The summed E-state index contributed by atoms with van der Waals surface area (Å²) in [6, 6.07) is 6.57. The average molecular weight is 244 g/mol. The van der Waals surface area contributed by atoms with E-state index in [1.54, 1.807) is 24.3 Å². The Morgan fingerprint density at radius 1 is 1.50 bits per heavy atom. The van der Waals surface area contributed by atoms with Crippen molar-refractivity contribution in [3.8, 4) is 0 Å². The monoisotopic (exact) mass is 243 g/mol. The molecule has 6 heteroatoms. The lowest BCUT2D eigenvalue weighted by Gasteiger charge is -2.12. The number of hydrogen-bond acceptors (Lipinski definition) is 3. The fourth-order valence-corrected chi connectivity index (χ4v) is 1.76. The molecule has 0 saturated carbocycles. The topological polar surface area (TPSA) is 80.4 Å². The van der Waals surface area contributed by atoms with Crippen molar-refractivity contribution in [3.05, 3.63) is 45.0 Å². The molecule has 16 heavy (non-hydrogen) atoms. The van der Waals surface area contributed by atoms with Crippen LogP contribution in [0.2, 0.25) is 5.02 Å². The summed E-state index contributed by atoms with van der Waals surface area (Å²) in [6.45, 7) is -0.434. The van der Waals surface area contributed by atoms with Crippen molar-refractivity contribution in [1.82, 2.24) is 0 Å². The van der Waals surface area contributed by atoms with Crippen LogP contribution in [0.15, 0.2) is 24.3 Å². The maximum Gasteiger partial charge on any atom is 0.304 e. The summed E-state index contributed by atoms with van der Waals surface area (Å²) in [5, 5.41) is 19.5. The molecule has 1 unspecified atom stereocenters. The normalized spacial score (nSPS) is 12.1. The first-order valence-corrected chi connectivity index (χ1v) is 4.96. The van der Waals surface area contributed by atoms with E-state index in [1.807, 2.05) is 0 Å². The summed E-state index contributed by atoms with van der Waals surface area (Å²) < 4.78 is 0. The van der Waals surface area contributed by atoms with E-state index < -0.39 is 23.4 Å². The number of carboxylic acid groups (broad SMARTS) is 1. The Bertz CT molecular complexity index is 392. The predicted molar refractivity (Wildman–Crippen MR) is 58.3 cm³/mol. The number of hydrogen-bond donors (Lipinski definition) is 1. The average Bonchev–Trinajstić information content (AvgIpc) is 2.15. The van der Waals surface area contributed by atoms with Crippen LogP contribution in [0.3, 0.4) is 0 Å². The van der Waals surface area contributed by atoms with Gasteiger partial charge in [-0.3, -0.25) is 14.9 Å². The van der Waals surface area contributed by atoms with Crippen molar-refractivity contribution in [2.75, 3.05) is 6.54 Å². The summed E-state index contributed by atoms with van der Waals surface area (Å²) in [6.07, 6.45) is -0.301. The van der Waals surface area contributed by atoms with Gasteiger partial charge in [0.2, 0.25) is 6.54 Å². The number of carboxylic acids is 1. The lowest BCUT2D eigenvalue weighted by atomic mass is 9.96. The second-order valence-corrected chi connectivity index (χ2v) is 3.74. The Balaban J connectivity index is 2.96. The smallest absolute Gasteiger partial charge is 0.304 e. The van der Waals surface area contributed by atoms with Crippen LogP contribution >= 0.6 is 11.6 Å². The molecule has 1 aromatic rings. The highest BCUT2D eigenvalue weighted by atomic mass is 35.5. The molecule has 0 radical (unpaired) electrons. The Hall–Kier alpha value is -1.62. The minimum Gasteiger partial charge on any atom is -0.481 e. The molecule has 0 aromatic heterocycles. The summed E-state index contributed by atoms with van der Waals surface area (Å²) in [7, 11) is 0. The standard InChI is InChI=1S/C10H10ClNO4/c11-9-4-2-1-3-8(9)7(5-10(13)14)6-12(15)16/h1-4,7H,5-6H2,(H,13,14). The molecule has 0 spiro atoms. The van der Waals surface area contributed by atoms with Crippen molar-refractivity contribution >= 4 is 17.6 Å². The van der Waals surface area contributed by atoms with E-state index in [9.17, 15) is 14.9 Å². The molecule has 0 aliphatic heterocycles. The van der Waals surface area contributed by atoms with Crippen molar-refractivity contribution < 1.29 is 14.8 Å².